The quantitative estimate of drug-likeness (QED) is 0.665. The summed E-state index contributed by atoms with van der Waals surface area (Å²) in [6.07, 6.45) is -4.84. The Morgan fingerprint density at radius 2 is 1.76 bits per heavy atom. The van der Waals surface area contributed by atoms with Gasteiger partial charge in [0, 0.05) is 5.56 Å². The predicted octanol–water partition coefficient (Wildman–Crippen LogP) is 4.24. The summed E-state index contributed by atoms with van der Waals surface area (Å²) in [5.74, 6) is -2.46. The molecule has 0 heterocycles. The van der Waals surface area contributed by atoms with Gasteiger partial charge < -0.3 is 10.5 Å². The summed E-state index contributed by atoms with van der Waals surface area (Å²) in [6, 6.07) is 4.81. The van der Waals surface area contributed by atoms with E-state index in [0.29, 0.717) is 6.07 Å². The van der Waals surface area contributed by atoms with Crippen LogP contribution in [0.2, 0.25) is 0 Å². The minimum absolute atomic E-state index is 0.0817. The third-order valence-corrected chi connectivity index (χ3v) is 2.93. The number of alkyl halides is 3. The number of anilines is 1. The molecule has 0 atom stereocenters. The highest BCUT2D eigenvalue weighted by Gasteiger charge is 2.35. The van der Waals surface area contributed by atoms with Gasteiger partial charge in [0.1, 0.15) is 17.3 Å². The maximum Gasteiger partial charge on any atom is 0.419 e. The summed E-state index contributed by atoms with van der Waals surface area (Å²) in [5.41, 5.74) is 3.20. The number of hydrogen-bond donors (Lipinski definition) is 1. The van der Waals surface area contributed by atoms with Crippen LogP contribution < -0.4 is 10.5 Å². The van der Waals surface area contributed by atoms with Crippen LogP contribution in [-0.4, -0.2) is 7.11 Å². The Hall–Kier alpha value is -2.31. The van der Waals surface area contributed by atoms with Crippen LogP contribution in [0.4, 0.5) is 27.6 Å². The molecule has 0 spiro atoms. The van der Waals surface area contributed by atoms with Gasteiger partial charge in [0.2, 0.25) is 0 Å². The van der Waals surface area contributed by atoms with Crippen molar-refractivity contribution in [2.45, 2.75) is 6.18 Å². The summed E-state index contributed by atoms with van der Waals surface area (Å²) < 4.78 is 70.5. The van der Waals surface area contributed by atoms with Crippen molar-refractivity contribution < 1.29 is 26.7 Å². The second kappa shape index (κ2) is 5.23. The van der Waals surface area contributed by atoms with E-state index in [1.807, 2.05) is 0 Å². The first-order chi connectivity index (χ1) is 9.75. The van der Waals surface area contributed by atoms with Gasteiger partial charge in [0.05, 0.1) is 12.7 Å². The minimum Gasteiger partial charge on any atom is -0.494 e. The Bertz CT molecular complexity index is 682. The first kappa shape index (κ1) is 15.1. The number of hydrogen-bond acceptors (Lipinski definition) is 2. The lowest BCUT2D eigenvalue weighted by atomic mass is 10.0. The van der Waals surface area contributed by atoms with Crippen molar-refractivity contribution in [1.82, 2.24) is 0 Å². The van der Waals surface area contributed by atoms with Crippen LogP contribution in [-0.2, 0) is 6.18 Å². The number of ether oxygens (including phenoxy) is 1. The molecule has 0 saturated carbocycles. The monoisotopic (exact) mass is 303 g/mol. The molecule has 2 N–H and O–H groups in total. The molecule has 0 bridgehead atoms. The molecular weight excluding hydrogens is 293 g/mol. The van der Waals surface area contributed by atoms with E-state index in [1.54, 1.807) is 0 Å². The van der Waals surface area contributed by atoms with Crippen LogP contribution in [0.3, 0.4) is 0 Å². The highest BCUT2D eigenvalue weighted by atomic mass is 19.4. The second-order valence-electron chi connectivity index (χ2n) is 4.24. The molecule has 2 aromatic rings. The number of nitrogens with two attached hydrogens (primary N) is 1. The van der Waals surface area contributed by atoms with E-state index in [2.05, 4.69) is 0 Å². The Kier molecular flexibility index (Phi) is 3.76. The summed E-state index contributed by atoms with van der Waals surface area (Å²) in [6.45, 7) is 0. The molecule has 7 heteroatoms. The first-order valence-corrected chi connectivity index (χ1v) is 5.74. The van der Waals surface area contributed by atoms with Crippen LogP contribution >= 0.6 is 0 Å². The van der Waals surface area contributed by atoms with E-state index in [0.717, 1.165) is 18.2 Å². The second-order valence-corrected chi connectivity index (χ2v) is 4.24. The van der Waals surface area contributed by atoms with Gasteiger partial charge in [0.15, 0.2) is 5.82 Å². The van der Waals surface area contributed by atoms with Gasteiger partial charge in [-0.15, -0.1) is 0 Å². The van der Waals surface area contributed by atoms with E-state index in [9.17, 15) is 22.0 Å². The van der Waals surface area contributed by atoms with Crippen molar-refractivity contribution in [2.24, 2.45) is 0 Å². The lowest BCUT2D eigenvalue weighted by Gasteiger charge is -2.13. The van der Waals surface area contributed by atoms with E-state index >= 15 is 0 Å². The third kappa shape index (κ3) is 2.76. The molecule has 2 nitrogen and oxygen atoms in total. The van der Waals surface area contributed by atoms with Crippen LogP contribution in [0, 0.1) is 11.6 Å². The van der Waals surface area contributed by atoms with Crippen LogP contribution in [0.15, 0.2) is 30.3 Å². The molecule has 0 aliphatic heterocycles. The van der Waals surface area contributed by atoms with Crippen molar-refractivity contribution >= 4 is 5.69 Å². The molecule has 112 valence electrons. The van der Waals surface area contributed by atoms with Crippen molar-refractivity contribution in [3.8, 4) is 16.9 Å². The van der Waals surface area contributed by atoms with Crippen molar-refractivity contribution in [3.05, 3.63) is 47.5 Å². The fourth-order valence-corrected chi connectivity index (χ4v) is 1.89. The summed E-state index contributed by atoms with van der Waals surface area (Å²) in [7, 11) is 1.22. The zero-order chi connectivity index (χ0) is 15.8. The standard InChI is InChI=1S/C14H10F5NO/c1-21-11-6-7(5-10(15)13(11)20)8-3-2-4-9(12(8)16)14(17,18)19/h2-6H,20H2,1H3. The molecule has 21 heavy (non-hydrogen) atoms. The van der Waals surface area contributed by atoms with Gasteiger partial charge in [-0.1, -0.05) is 12.1 Å². The molecule has 0 aliphatic rings. The molecule has 0 aliphatic carbocycles. The molecule has 2 aromatic carbocycles. The largest absolute Gasteiger partial charge is 0.494 e. The third-order valence-electron chi connectivity index (χ3n) is 2.93. The average Bonchev–Trinajstić information content (AvgIpc) is 2.40. The van der Waals surface area contributed by atoms with Crippen LogP contribution in [0.25, 0.3) is 11.1 Å². The fraction of sp³-hybridized carbons (Fsp3) is 0.143. The maximum atomic E-state index is 14.0. The van der Waals surface area contributed by atoms with Gasteiger partial charge in [-0.3, -0.25) is 0 Å². The number of nitrogen functional groups attached to an aromatic ring is 1. The van der Waals surface area contributed by atoms with Crippen molar-refractivity contribution in [3.63, 3.8) is 0 Å². The minimum atomic E-state index is -4.84. The Balaban J connectivity index is 2.66. The summed E-state index contributed by atoms with van der Waals surface area (Å²) >= 11 is 0. The Morgan fingerprint density at radius 3 is 2.33 bits per heavy atom. The van der Waals surface area contributed by atoms with E-state index in [-0.39, 0.29) is 22.6 Å². The number of rotatable bonds is 2. The molecule has 0 saturated heterocycles. The summed E-state index contributed by atoms with van der Waals surface area (Å²) in [5, 5.41) is 0. The normalized spacial score (nSPS) is 11.5. The van der Waals surface area contributed by atoms with Crippen LogP contribution in [0.1, 0.15) is 5.56 Å². The average molecular weight is 303 g/mol. The lowest BCUT2D eigenvalue weighted by molar-refractivity contribution is -0.139. The molecular formula is C14H10F5NO. The molecule has 0 fully saturated rings. The fourth-order valence-electron chi connectivity index (χ4n) is 1.89. The van der Waals surface area contributed by atoms with E-state index in [4.69, 9.17) is 10.5 Å². The van der Waals surface area contributed by atoms with E-state index < -0.39 is 23.4 Å². The van der Waals surface area contributed by atoms with Crippen molar-refractivity contribution in [2.75, 3.05) is 12.8 Å². The smallest absolute Gasteiger partial charge is 0.419 e. The van der Waals surface area contributed by atoms with Gasteiger partial charge in [-0.05, 0) is 23.8 Å². The zero-order valence-corrected chi connectivity index (χ0v) is 10.8. The Morgan fingerprint density at radius 1 is 1.10 bits per heavy atom. The van der Waals surface area contributed by atoms with Crippen molar-refractivity contribution in [1.29, 1.82) is 0 Å². The highest BCUT2D eigenvalue weighted by Crippen LogP contribution is 2.37. The van der Waals surface area contributed by atoms with Gasteiger partial charge in [-0.25, -0.2) is 8.78 Å². The first-order valence-electron chi connectivity index (χ1n) is 5.74. The number of methoxy groups -OCH3 is 1. The predicted molar refractivity (Wildman–Crippen MR) is 67.8 cm³/mol. The molecule has 0 aromatic heterocycles. The SMILES string of the molecule is COc1cc(-c2cccc(C(F)(F)F)c2F)cc(F)c1N. The lowest BCUT2D eigenvalue weighted by Crippen LogP contribution is -2.09. The molecule has 0 unspecified atom stereocenters. The highest BCUT2D eigenvalue weighted by molar-refractivity contribution is 5.71. The van der Waals surface area contributed by atoms with E-state index in [1.165, 1.54) is 13.2 Å². The molecule has 0 amide bonds. The van der Waals surface area contributed by atoms with Gasteiger partial charge in [0.25, 0.3) is 0 Å². The summed E-state index contributed by atoms with van der Waals surface area (Å²) in [4.78, 5) is 0. The van der Waals surface area contributed by atoms with Gasteiger partial charge in [-0.2, -0.15) is 13.2 Å². The zero-order valence-electron chi connectivity index (χ0n) is 10.8. The maximum absolute atomic E-state index is 14.0. The molecule has 0 radical (unpaired) electrons. The van der Waals surface area contributed by atoms with Crippen LogP contribution in [0.5, 0.6) is 5.75 Å². The number of benzene rings is 2. The number of halogens is 5. The topological polar surface area (TPSA) is 35.2 Å². The Labute approximate surface area is 116 Å². The molecule has 2 rings (SSSR count). The van der Waals surface area contributed by atoms with Gasteiger partial charge >= 0.3 is 6.18 Å².